The highest BCUT2D eigenvalue weighted by Crippen LogP contribution is 2.37. The third-order valence-electron chi connectivity index (χ3n) is 3.20. The Bertz CT molecular complexity index is 477. The standard InChI is InChI=1S/C15H22BrNO4/c1-3-4-5-6-7-8-21-15-13(11(2)18)9-12(16)10-14(15)17(19)20/h9-11,18H,3-8H2,1-2H3/t11-/m0/s1. The topological polar surface area (TPSA) is 72.6 Å². The molecule has 6 heteroatoms. The predicted molar refractivity (Wildman–Crippen MR) is 85.7 cm³/mol. The number of nitrogens with zero attached hydrogens (tertiary/aromatic N) is 1. The number of ether oxygens (including phenoxy) is 1. The molecule has 1 aromatic carbocycles. The SMILES string of the molecule is CCCCCCCOc1c([C@H](C)O)cc(Br)cc1[N+](=O)[O-]. The first-order valence-corrected chi connectivity index (χ1v) is 8.05. The molecule has 0 saturated heterocycles. The number of halogens is 1. The van der Waals surface area contributed by atoms with Crippen molar-refractivity contribution in [1.29, 1.82) is 0 Å². The van der Waals surface area contributed by atoms with E-state index in [0.29, 0.717) is 16.6 Å². The summed E-state index contributed by atoms with van der Waals surface area (Å²) in [4.78, 5) is 10.7. The Morgan fingerprint density at radius 3 is 2.57 bits per heavy atom. The Morgan fingerprint density at radius 2 is 2.00 bits per heavy atom. The minimum atomic E-state index is -0.823. The fraction of sp³-hybridized carbons (Fsp3) is 0.600. The monoisotopic (exact) mass is 359 g/mol. The first kappa shape index (κ1) is 17.9. The first-order chi connectivity index (χ1) is 9.97. The van der Waals surface area contributed by atoms with Gasteiger partial charge in [0.05, 0.1) is 17.6 Å². The van der Waals surface area contributed by atoms with Crippen molar-refractivity contribution in [2.75, 3.05) is 6.61 Å². The predicted octanol–water partition coefficient (Wildman–Crippen LogP) is 4.76. The van der Waals surface area contributed by atoms with E-state index in [1.165, 1.54) is 18.9 Å². The lowest BCUT2D eigenvalue weighted by molar-refractivity contribution is -0.386. The number of rotatable bonds is 9. The summed E-state index contributed by atoms with van der Waals surface area (Å²) in [5.41, 5.74) is 0.318. The molecule has 0 bridgehead atoms. The number of nitro groups is 1. The molecule has 5 nitrogen and oxygen atoms in total. The van der Waals surface area contributed by atoms with E-state index in [1.807, 2.05) is 0 Å². The van der Waals surface area contributed by atoms with Crippen LogP contribution in [-0.4, -0.2) is 16.6 Å². The van der Waals surface area contributed by atoms with E-state index >= 15 is 0 Å². The molecule has 1 rings (SSSR count). The minimum absolute atomic E-state index is 0.117. The van der Waals surface area contributed by atoms with Crippen LogP contribution in [0.5, 0.6) is 5.75 Å². The largest absolute Gasteiger partial charge is 0.487 e. The quantitative estimate of drug-likeness (QED) is 0.391. The molecular weight excluding hydrogens is 338 g/mol. The molecule has 0 saturated carbocycles. The molecule has 0 amide bonds. The van der Waals surface area contributed by atoms with E-state index in [4.69, 9.17) is 4.74 Å². The Hall–Kier alpha value is -1.14. The lowest BCUT2D eigenvalue weighted by Gasteiger charge is -2.14. The van der Waals surface area contributed by atoms with E-state index < -0.39 is 11.0 Å². The average molecular weight is 360 g/mol. The average Bonchev–Trinajstić information content (AvgIpc) is 2.42. The molecule has 0 heterocycles. The van der Waals surface area contributed by atoms with Crippen LogP contribution in [0, 0.1) is 10.1 Å². The van der Waals surface area contributed by atoms with Gasteiger partial charge in [0.25, 0.3) is 0 Å². The van der Waals surface area contributed by atoms with E-state index in [0.717, 1.165) is 19.3 Å². The van der Waals surface area contributed by atoms with Crippen LogP contribution >= 0.6 is 15.9 Å². The summed E-state index contributed by atoms with van der Waals surface area (Å²) in [5, 5.41) is 20.9. The number of hydrogen-bond acceptors (Lipinski definition) is 4. The van der Waals surface area contributed by atoms with Crippen molar-refractivity contribution < 1.29 is 14.8 Å². The Labute approximate surface area is 133 Å². The maximum absolute atomic E-state index is 11.1. The van der Waals surface area contributed by atoms with Gasteiger partial charge in [-0.05, 0) is 19.4 Å². The van der Waals surface area contributed by atoms with E-state index in [2.05, 4.69) is 22.9 Å². The second-order valence-corrected chi connectivity index (χ2v) is 5.95. The third kappa shape index (κ3) is 5.63. The molecule has 0 spiro atoms. The molecule has 0 aromatic heterocycles. The second-order valence-electron chi connectivity index (χ2n) is 5.04. The molecule has 0 aliphatic carbocycles. The van der Waals surface area contributed by atoms with Crippen molar-refractivity contribution in [3.63, 3.8) is 0 Å². The lowest BCUT2D eigenvalue weighted by Crippen LogP contribution is -2.05. The Kier molecular flexibility index (Phi) is 7.67. The number of aliphatic hydroxyl groups is 1. The highest BCUT2D eigenvalue weighted by Gasteiger charge is 2.23. The van der Waals surface area contributed by atoms with Crippen LogP contribution in [0.2, 0.25) is 0 Å². The summed E-state index contributed by atoms with van der Waals surface area (Å²) in [6.45, 7) is 4.14. The molecule has 0 aliphatic heterocycles. The molecule has 1 N–H and O–H groups in total. The van der Waals surface area contributed by atoms with Gasteiger partial charge in [0.15, 0.2) is 0 Å². The highest BCUT2D eigenvalue weighted by atomic mass is 79.9. The lowest BCUT2D eigenvalue weighted by atomic mass is 10.1. The van der Waals surface area contributed by atoms with Gasteiger partial charge in [0.2, 0.25) is 5.75 Å². The van der Waals surface area contributed by atoms with Crippen molar-refractivity contribution in [3.05, 3.63) is 32.3 Å². The molecule has 118 valence electrons. The summed E-state index contributed by atoms with van der Waals surface area (Å²) >= 11 is 3.22. The smallest absolute Gasteiger partial charge is 0.312 e. The van der Waals surface area contributed by atoms with E-state index in [9.17, 15) is 15.2 Å². The number of hydrogen-bond donors (Lipinski definition) is 1. The van der Waals surface area contributed by atoms with Gasteiger partial charge in [-0.1, -0.05) is 48.5 Å². The van der Waals surface area contributed by atoms with E-state index in [-0.39, 0.29) is 11.4 Å². The van der Waals surface area contributed by atoms with Crippen molar-refractivity contribution >= 4 is 21.6 Å². The van der Waals surface area contributed by atoms with Gasteiger partial charge in [-0.25, -0.2) is 0 Å². The molecule has 1 atom stereocenters. The molecule has 0 radical (unpaired) electrons. The van der Waals surface area contributed by atoms with Crippen LogP contribution in [0.1, 0.15) is 57.6 Å². The van der Waals surface area contributed by atoms with Gasteiger partial charge < -0.3 is 9.84 Å². The van der Waals surface area contributed by atoms with E-state index in [1.54, 1.807) is 13.0 Å². The van der Waals surface area contributed by atoms with Gasteiger partial charge in [-0.2, -0.15) is 0 Å². The number of nitro benzene ring substituents is 1. The van der Waals surface area contributed by atoms with Crippen LogP contribution in [0.25, 0.3) is 0 Å². The molecule has 0 fully saturated rings. The van der Waals surface area contributed by atoms with Crippen molar-refractivity contribution in [1.82, 2.24) is 0 Å². The molecule has 1 aromatic rings. The molecule has 0 aliphatic rings. The fourth-order valence-electron chi connectivity index (χ4n) is 2.08. The van der Waals surface area contributed by atoms with Gasteiger partial charge in [0, 0.05) is 16.1 Å². The van der Waals surface area contributed by atoms with Crippen molar-refractivity contribution in [2.24, 2.45) is 0 Å². The normalized spacial score (nSPS) is 12.2. The zero-order chi connectivity index (χ0) is 15.8. The van der Waals surface area contributed by atoms with Gasteiger partial charge in [0.1, 0.15) is 0 Å². The number of aliphatic hydroxyl groups excluding tert-OH is 1. The second kappa shape index (κ2) is 9.00. The Balaban J connectivity index is 2.80. The van der Waals surface area contributed by atoms with Crippen molar-refractivity contribution in [2.45, 2.75) is 52.1 Å². The number of benzene rings is 1. The van der Waals surface area contributed by atoms with Crippen LogP contribution < -0.4 is 4.74 Å². The summed E-state index contributed by atoms with van der Waals surface area (Å²) in [6, 6.07) is 3.06. The summed E-state index contributed by atoms with van der Waals surface area (Å²) in [5.74, 6) is 0.175. The van der Waals surface area contributed by atoms with Gasteiger partial charge in [-0.15, -0.1) is 0 Å². The zero-order valence-electron chi connectivity index (χ0n) is 12.5. The summed E-state index contributed by atoms with van der Waals surface area (Å²) in [7, 11) is 0. The molecule has 21 heavy (non-hydrogen) atoms. The third-order valence-corrected chi connectivity index (χ3v) is 3.66. The van der Waals surface area contributed by atoms with Crippen LogP contribution in [-0.2, 0) is 0 Å². The van der Waals surface area contributed by atoms with Crippen LogP contribution in [0.4, 0.5) is 5.69 Å². The van der Waals surface area contributed by atoms with Crippen LogP contribution in [0.3, 0.4) is 0 Å². The van der Waals surface area contributed by atoms with Gasteiger partial charge in [-0.3, -0.25) is 10.1 Å². The fourth-order valence-corrected chi connectivity index (χ4v) is 2.55. The molecular formula is C15H22BrNO4. The zero-order valence-corrected chi connectivity index (χ0v) is 14.1. The van der Waals surface area contributed by atoms with Crippen molar-refractivity contribution in [3.8, 4) is 5.75 Å². The van der Waals surface area contributed by atoms with Crippen LogP contribution in [0.15, 0.2) is 16.6 Å². The summed E-state index contributed by atoms with van der Waals surface area (Å²) < 4.78 is 6.16. The maximum atomic E-state index is 11.1. The summed E-state index contributed by atoms with van der Waals surface area (Å²) in [6.07, 6.45) is 4.58. The Morgan fingerprint density at radius 1 is 1.33 bits per heavy atom. The number of unbranched alkanes of at least 4 members (excludes halogenated alkanes) is 4. The molecule has 0 unspecified atom stereocenters. The maximum Gasteiger partial charge on any atom is 0.312 e. The first-order valence-electron chi connectivity index (χ1n) is 7.26. The minimum Gasteiger partial charge on any atom is -0.487 e. The van der Waals surface area contributed by atoms with Gasteiger partial charge >= 0.3 is 5.69 Å². The highest BCUT2D eigenvalue weighted by molar-refractivity contribution is 9.10.